The van der Waals surface area contributed by atoms with E-state index in [0.29, 0.717) is 30.4 Å². The lowest BCUT2D eigenvalue weighted by Gasteiger charge is -2.34. The minimum absolute atomic E-state index is 0. The van der Waals surface area contributed by atoms with Gasteiger partial charge in [-0.3, -0.25) is 14.5 Å². The van der Waals surface area contributed by atoms with Gasteiger partial charge in [0.15, 0.2) is 5.69 Å². The first kappa shape index (κ1) is 25.8. The number of carbonyl (C=O) groups excluding carboxylic acids is 2. The Bertz CT molecular complexity index is 1260. The van der Waals surface area contributed by atoms with Crippen molar-refractivity contribution in [3.8, 4) is 11.1 Å². The molecule has 36 heavy (non-hydrogen) atoms. The van der Waals surface area contributed by atoms with Gasteiger partial charge < -0.3 is 16.0 Å². The predicted octanol–water partition coefficient (Wildman–Crippen LogP) is 4.12. The Morgan fingerprint density at radius 2 is 1.75 bits per heavy atom. The van der Waals surface area contributed by atoms with Crippen molar-refractivity contribution in [1.29, 1.82) is 0 Å². The Morgan fingerprint density at radius 3 is 2.36 bits per heavy atom. The average molecular weight is 531 g/mol. The number of benzene rings is 2. The molecule has 8 nitrogen and oxygen atoms in total. The van der Waals surface area contributed by atoms with Crippen molar-refractivity contribution in [2.45, 2.75) is 18.9 Å². The number of nitrogens with zero attached hydrogens (tertiary/aromatic N) is 4. The van der Waals surface area contributed by atoms with E-state index >= 15 is 0 Å². The maximum absolute atomic E-state index is 14.7. The van der Waals surface area contributed by atoms with E-state index < -0.39 is 11.7 Å². The Labute approximate surface area is 219 Å². The molecule has 1 aliphatic carbocycles. The Balaban J connectivity index is 0.00000304. The van der Waals surface area contributed by atoms with Crippen LogP contribution < -0.4 is 11.1 Å². The highest BCUT2D eigenvalue weighted by atomic mass is 35.5. The normalized spacial score (nSPS) is 15.8. The van der Waals surface area contributed by atoms with Gasteiger partial charge in [0.05, 0.1) is 16.9 Å². The third kappa shape index (κ3) is 5.28. The Morgan fingerprint density at radius 1 is 1.06 bits per heavy atom. The number of nitrogens with two attached hydrogens (primary N) is 1. The number of nitrogens with one attached hydrogen (secondary N) is 1. The predicted molar refractivity (Wildman–Crippen MR) is 138 cm³/mol. The van der Waals surface area contributed by atoms with Gasteiger partial charge in [-0.15, -0.1) is 17.5 Å². The van der Waals surface area contributed by atoms with Crippen molar-refractivity contribution in [2.75, 3.05) is 31.5 Å². The molecule has 1 saturated heterocycles. The van der Waals surface area contributed by atoms with Gasteiger partial charge in [-0.1, -0.05) is 17.7 Å². The van der Waals surface area contributed by atoms with Crippen LogP contribution in [0.3, 0.4) is 0 Å². The molecule has 0 spiro atoms. The molecule has 3 N–H and O–H groups in total. The molecule has 188 valence electrons. The maximum Gasteiger partial charge on any atom is 0.271 e. The molecule has 2 aliphatic rings. The first-order valence-electron chi connectivity index (χ1n) is 11.4. The summed E-state index contributed by atoms with van der Waals surface area (Å²) in [6.45, 7) is 3.24. The van der Waals surface area contributed by atoms with Gasteiger partial charge in [-0.25, -0.2) is 4.39 Å². The molecule has 11 heteroatoms. The number of rotatable bonds is 6. The van der Waals surface area contributed by atoms with Crippen LogP contribution in [0.2, 0.25) is 5.02 Å². The van der Waals surface area contributed by atoms with Gasteiger partial charge >= 0.3 is 0 Å². The van der Waals surface area contributed by atoms with Crippen LogP contribution in [0.1, 0.15) is 33.7 Å². The van der Waals surface area contributed by atoms with Gasteiger partial charge in [0.2, 0.25) is 0 Å². The fraction of sp³-hybridized carbons (Fsp3) is 0.280. The zero-order chi connectivity index (χ0) is 24.5. The molecule has 1 aromatic heterocycles. The smallest absolute Gasteiger partial charge is 0.271 e. The van der Waals surface area contributed by atoms with Crippen molar-refractivity contribution in [3.63, 3.8) is 0 Å². The van der Waals surface area contributed by atoms with Crippen molar-refractivity contribution in [2.24, 2.45) is 5.73 Å². The van der Waals surface area contributed by atoms with Gasteiger partial charge in [0.25, 0.3) is 11.8 Å². The van der Waals surface area contributed by atoms with Crippen LogP contribution in [0.4, 0.5) is 15.8 Å². The summed E-state index contributed by atoms with van der Waals surface area (Å²) in [5, 5.41) is 10.9. The molecule has 0 atom stereocenters. The highest BCUT2D eigenvalue weighted by molar-refractivity contribution is 6.33. The quantitative estimate of drug-likeness (QED) is 0.496. The highest BCUT2D eigenvalue weighted by Gasteiger charge is 2.32. The van der Waals surface area contributed by atoms with E-state index in [9.17, 15) is 14.0 Å². The molecule has 3 aromatic rings. The summed E-state index contributed by atoms with van der Waals surface area (Å²) in [6.07, 6.45) is 3.84. The van der Waals surface area contributed by atoms with Crippen molar-refractivity contribution in [1.82, 2.24) is 20.0 Å². The lowest BCUT2D eigenvalue weighted by atomic mass is 10.0. The standard InChI is InChI=1S/C25H24ClFN6O2.ClH/c26-19-2-1-3-20(27)21(19)18-14-29-31-23(24(28)34)22(18)30-16-6-4-15(5-7-16)25(35)33-12-10-32(11-13-33)17-8-9-17;/h1-7,14,17H,8-13H2,(H2,28,34)(H,29,30);1H. The second-order valence-electron chi connectivity index (χ2n) is 8.70. The summed E-state index contributed by atoms with van der Waals surface area (Å²) in [4.78, 5) is 29.3. The first-order chi connectivity index (χ1) is 16.9. The van der Waals surface area contributed by atoms with E-state index in [1.54, 1.807) is 30.3 Å². The summed E-state index contributed by atoms with van der Waals surface area (Å²) < 4.78 is 14.7. The fourth-order valence-electron chi connectivity index (χ4n) is 4.38. The minimum Gasteiger partial charge on any atom is -0.364 e. The third-order valence-electron chi connectivity index (χ3n) is 6.38. The summed E-state index contributed by atoms with van der Waals surface area (Å²) in [7, 11) is 0. The van der Waals surface area contributed by atoms with Crippen LogP contribution >= 0.6 is 24.0 Å². The van der Waals surface area contributed by atoms with E-state index in [4.69, 9.17) is 17.3 Å². The molecule has 2 amide bonds. The van der Waals surface area contributed by atoms with Gasteiger partial charge in [0, 0.05) is 54.6 Å². The van der Waals surface area contributed by atoms with Crippen LogP contribution in [0.25, 0.3) is 11.1 Å². The van der Waals surface area contributed by atoms with E-state index in [0.717, 1.165) is 13.1 Å². The monoisotopic (exact) mass is 530 g/mol. The first-order valence-corrected chi connectivity index (χ1v) is 11.8. The van der Waals surface area contributed by atoms with Crippen LogP contribution in [0.15, 0.2) is 48.7 Å². The number of amides is 2. The summed E-state index contributed by atoms with van der Waals surface area (Å²) in [5.74, 6) is -1.42. The molecule has 2 aromatic carbocycles. The molecule has 2 fully saturated rings. The molecule has 5 rings (SSSR count). The zero-order valence-corrected chi connectivity index (χ0v) is 20.9. The van der Waals surface area contributed by atoms with Gasteiger partial charge in [-0.2, -0.15) is 5.10 Å². The molecule has 0 radical (unpaired) electrons. The Kier molecular flexibility index (Phi) is 7.73. The SMILES string of the molecule is Cl.NC(=O)c1nncc(-c2c(F)cccc2Cl)c1Nc1ccc(C(=O)N2CCN(C3CC3)CC2)cc1. The number of primary amides is 1. The van der Waals surface area contributed by atoms with Crippen molar-refractivity contribution in [3.05, 3.63) is 70.8 Å². The lowest BCUT2D eigenvalue weighted by molar-refractivity contribution is 0.0627. The summed E-state index contributed by atoms with van der Waals surface area (Å²) >= 11 is 6.25. The lowest BCUT2D eigenvalue weighted by Crippen LogP contribution is -2.49. The molecule has 0 bridgehead atoms. The molecule has 2 heterocycles. The van der Waals surface area contributed by atoms with Gasteiger partial charge in [-0.05, 0) is 49.2 Å². The largest absolute Gasteiger partial charge is 0.364 e. The van der Waals surface area contributed by atoms with Crippen molar-refractivity contribution >= 4 is 47.2 Å². The Hall–Kier alpha value is -3.27. The van der Waals surface area contributed by atoms with Gasteiger partial charge in [0.1, 0.15) is 5.82 Å². The summed E-state index contributed by atoms with van der Waals surface area (Å²) in [5.41, 5.74) is 6.97. The molecule has 1 aliphatic heterocycles. The van der Waals surface area contributed by atoms with E-state index in [-0.39, 0.29) is 45.8 Å². The van der Waals surface area contributed by atoms with E-state index in [2.05, 4.69) is 20.4 Å². The van der Waals surface area contributed by atoms with Crippen LogP contribution in [-0.4, -0.2) is 64.0 Å². The van der Waals surface area contributed by atoms with Crippen LogP contribution in [0, 0.1) is 5.82 Å². The van der Waals surface area contributed by atoms with E-state index in [1.165, 1.54) is 31.2 Å². The molecule has 0 unspecified atom stereocenters. The number of hydrogen-bond donors (Lipinski definition) is 2. The number of piperazine rings is 1. The average Bonchev–Trinajstić information content (AvgIpc) is 3.70. The number of carbonyl (C=O) groups is 2. The zero-order valence-electron chi connectivity index (χ0n) is 19.3. The number of anilines is 2. The summed E-state index contributed by atoms with van der Waals surface area (Å²) in [6, 6.07) is 11.9. The topological polar surface area (TPSA) is 104 Å². The van der Waals surface area contributed by atoms with Crippen LogP contribution in [0.5, 0.6) is 0 Å². The second kappa shape index (κ2) is 10.8. The highest BCUT2D eigenvalue weighted by Crippen LogP contribution is 2.37. The van der Waals surface area contributed by atoms with Crippen molar-refractivity contribution < 1.29 is 14.0 Å². The number of aromatic nitrogens is 2. The minimum atomic E-state index is -0.827. The molecular formula is C25H25Cl2FN6O2. The second-order valence-corrected chi connectivity index (χ2v) is 9.11. The van der Waals surface area contributed by atoms with Crippen LogP contribution in [-0.2, 0) is 0 Å². The maximum atomic E-state index is 14.7. The third-order valence-corrected chi connectivity index (χ3v) is 6.70. The fourth-order valence-corrected chi connectivity index (χ4v) is 4.65. The van der Waals surface area contributed by atoms with E-state index in [1.807, 2.05) is 4.90 Å². The number of halogens is 3. The molecular weight excluding hydrogens is 506 g/mol. The molecule has 1 saturated carbocycles. The number of hydrogen-bond acceptors (Lipinski definition) is 6.